The third kappa shape index (κ3) is 5.18. The van der Waals surface area contributed by atoms with Gasteiger partial charge in [-0.3, -0.25) is 14.4 Å². The molecule has 2 aromatic carbocycles. The lowest BCUT2D eigenvalue weighted by Gasteiger charge is -2.23. The quantitative estimate of drug-likeness (QED) is 0.490. The highest BCUT2D eigenvalue weighted by Crippen LogP contribution is 2.39. The van der Waals surface area contributed by atoms with Gasteiger partial charge in [0.15, 0.2) is 0 Å². The minimum atomic E-state index is -0.326. The first-order valence-corrected chi connectivity index (χ1v) is 11.4. The predicted octanol–water partition coefficient (Wildman–Crippen LogP) is 4.22. The van der Waals surface area contributed by atoms with Gasteiger partial charge in [0, 0.05) is 12.1 Å². The lowest BCUT2D eigenvalue weighted by molar-refractivity contribution is -0.128. The molecular weight excluding hydrogens is 438 g/mol. The van der Waals surface area contributed by atoms with Crippen LogP contribution in [-0.2, 0) is 11.3 Å². The van der Waals surface area contributed by atoms with E-state index in [9.17, 15) is 14.4 Å². The number of nitrogens with zero attached hydrogens (tertiary/aromatic N) is 1. The van der Waals surface area contributed by atoms with E-state index in [0.29, 0.717) is 35.7 Å². The van der Waals surface area contributed by atoms with Gasteiger partial charge in [-0.25, -0.2) is 0 Å². The van der Waals surface area contributed by atoms with Crippen LogP contribution in [0, 0.1) is 0 Å². The fraction of sp³-hybridized carbons (Fsp3) is 0.160. The number of carbonyl (C=O) groups is 3. The average molecular weight is 462 g/mol. The predicted molar refractivity (Wildman–Crippen MR) is 128 cm³/mol. The Morgan fingerprint density at radius 2 is 1.88 bits per heavy atom. The van der Waals surface area contributed by atoms with Crippen molar-refractivity contribution in [1.29, 1.82) is 0 Å². The molecule has 0 aliphatic carbocycles. The fourth-order valence-electron chi connectivity index (χ4n) is 3.52. The highest BCUT2D eigenvalue weighted by molar-refractivity contribution is 8.00. The van der Waals surface area contributed by atoms with Crippen molar-refractivity contribution in [1.82, 2.24) is 10.2 Å². The summed E-state index contributed by atoms with van der Waals surface area (Å²) in [5, 5.41) is 5.38. The third-order valence-electron chi connectivity index (χ3n) is 5.16. The number of para-hydroxylation sites is 1. The van der Waals surface area contributed by atoms with E-state index in [-0.39, 0.29) is 23.1 Å². The number of furan rings is 1. The lowest BCUT2D eigenvalue weighted by atomic mass is 10.1. The summed E-state index contributed by atoms with van der Waals surface area (Å²) in [7, 11) is 0. The van der Waals surface area contributed by atoms with Crippen LogP contribution in [0.3, 0.4) is 0 Å². The van der Waals surface area contributed by atoms with E-state index in [4.69, 9.17) is 4.42 Å². The van der Waals surface area contributed by atoms with Gasteiger partial charge >= 0.3 is 0 Å². The van der Waals surface area contributed by atoms with E-state index in [1.807, 2.05) is 18.2 Å². The van der Waals surface area contributed by atoms with E-state index in [2.05, 4.69) is 17.2 Å². The zero-order valence-corrected chi connectivity index (χ0v) is 18.6. The molecule has 7 nitrogen and oxygen atoms in total. The smallest absolute Gasteiger partial charge is 0.255 e. The van der Waals surface area contributed by atoms with Gasteiger partial charge in [-0.2, -0.15) is 0 Å². The van der Waals surface area contributed by atoms with Crippen LogP contribution in [0.5, 0.6) is 0 Å². The molecule has 2 N–H and O–H groups in total. The molecule has 1 aromatic heterocycles. The molecule has 33 heavy (non-hydrogen) atoms. The highest BCUT2D eigenvalue weighted by Gasteiger charge is 2.33. The summed E-state index contributed by atoms with van der Waals surface area (Å²) in [5.41, 5.74) is 2.18. The van der Waals surface area contributed by atoms with E-state index in [1.165, 1.54) is 0 Å². The Bertz CT molecular complexity index is 1160. The standard InChI is InChI=1S/C25H23N3O4S/c1-2-13-26-24(31)20-7-3-4-8-21(20)27-23(30)17-9-11-18(12-10-17)25-28(22(29)16-33-25)15-19-6-5-14-32-19/h2-12,14,25H,1,13,15-16H2,(H,26,31)(H,27,30)/t25-/m1/s1. The Morgan fingerprint density at radius 1 is 1.09 bits per heavy atom. The zero-order valence-electron chi connectivity index (χ0n) is 17.8. The first-order chi connectivity index (χ1) is 16.1. The van der Waals surface area contributed by atoms with Crippen LogP contribution in [0.4, 0.5) is 5.69 Å². The van der Waals surface area contributed by atoms with Crippen LogP contribution >= 0.6 is 11.8 Å². The normalized spacial score (nSPS) is 15.3. The van der Waals surface area contributed by atoms with Gasteiger partial charge in [0.1, 0.15) is 11.1 Å². The SMILES string of the molecule is C=CCNC(=O)c1ccccc1NC(=O)c1ccc([C@H]2SCC(=O)N2Cc2ccco2)cc1. The summed E-state index contributed by atoms with van der Waals surface area (Å²) in [6.07, 6.45) is 3.18. The van der Waals surface area contributed by atoms with Gasteiger partial charge < -0.3 is 20.0 Å². The Morgan fingerprint density at radius 3 is 2.61 bits per heavy atom. The lowest BCUT2D eigenvalue weighted by Crippen LogP contribution is -2.27. The molecule has 0 saturated carbocycles. The summed E-state index contributed by atoms with van der Waals surface area (Å²) in [6, 6.07) is 17.6. The molecule has 0 radical (unpaired) electrons. The number of hydrogen-bond donors (Lipinski definition) is 2. The minimum absolute atomic E-state index is 0.0505. The Kier molecular flexibility index (Phi) is 6.95. The summed E-state index contributed by atoms with van der Waals surface area (Å²) < 4.78 is 5.39. The number of carbonyl (C=O) groups excluding carboxylic acids is 3. The molecule has 1 fully saturated rings. The largest absolute Gasteiger partial charge is 0.467 e. The van der Waals surface area contributed by atoms with Crippen molar-refractivity contribution >= 4 is 35.2 Å². The van der Waals surface area contributed by atoms with Crippen molar-refractivity contribution in [2.24, 2.45) is 0 Å². The maximum Gasteiger partial charge on any atom is 0.255 e. The van der Waals surface area contributed by atoms with Crippen molar-refractivity contribution in [2.45, 2.75) is 11.9 Å². The summed E-state index contributed by atoms with van der Waals surface area (Å²) in [6.45, 7) is 4.32. The van der Waals surface area contributed by atoms with Crippen molar-refractivity contribution < 1.29 is 18.8 Å². The maximum absolute atomic E-state index is 12.8. The second-order valence-corrected chi connectivity index (χ2v) is 8.45. The summed E-state index contributed by atoms with van der Waals surface area (Å²) in [4.78, 5) is 39.3. The monoisotopic (exact) mass is 461 g/mol. The molecule has 0 unspecified atom stereocenters. The van der Waals surface area contributed by atoms with Crippen LogP contribution in [0.2, 0.25) is 0 Å². The van der Waals surface area contributed by atoms with Crippen LogP contribution in [0.15, 0.2) is 84.0 Å². The number of anilines is 1. The van der Waals surface area contributed by atoms with Crippen LogP contribution in [0.25, 0.3) is 0 Å². The number of nitrogens with one attached hydrogen (secondary N) is 2. The molecule has 1 atom stereocenters. The second kappa shape index (κ2) is 10.2. The Labute approximate surface area is 195 Å². The van der Waals surface area contributed by atoms with Crippen molar-refractivity contribution in [2.75, 3.05) is 17.6 Å². The molecule has 1 saturated heterocycles. The van der Waals surface area contributed by atoms with Gasteiger partial charge in [0.25, 0.3) is 11.8 Å². The van der Waals surface area contributed by atoms with Crippen molar-refractivity contribution in [3.8, 4) is 0 Å². The van der Waals surface area contributed by atoms with E-state index >= 15 is 0 Å². The Balaban J connectivity index is 1.46. The molecule has 1 aliphatic heterocycles. The molecule has 168 valence electrons. The molecule has 2 heterocycles. The van der Waals surface area contributed by atoms with Gasteiger partial charge in [-0.05, 0) is 42.0 Å². The van der Waals surface area contributed by atoms with Crippen molar-refractivity contribution in [3.63, 3.8) is 0 Å². The van der Waals surface area contributed by atoms with Crippen LogP contribution < -0.4 is 10.6 Å². The molecule has 4 rings (SSSR count). The molecule has 3 aromatic rings. The average Bonchev–Trinajstić information content (AvgIpc) is 3.48. The first-order valence-electron chi connectivity index (χ1n) is 10.4. The van der Waals surface area contributed by atoms with Crippen LogP contribution in [-0.4, -0.2) is 34.9 Å². The van der Waals surface area contributed by atoms with E-state index in [1.54, 1.807) is 71.5 Å². The van der Waals surface area contributed by atoms with E-state index in [0.717, 1.165) is 11.3 Å². The molecule has 3 amide bonds. The number of amides is 3. The van der Waals surface area contributed by atoms with Gasteiger partial charge in [-0.15, -0.1) is 18.3 Å². The third-order valence-corrected chi connectivity index (χ3v) is 6.42. The Hall–Kier alpha value is -3.78. The first kappa shape index (κ1) is 22.4. The van der Waals surface area contributed by atoms with Gasteiger partial charge in [0.05, 0.1) is 29.8 Å². The number of rotatable bonds is 8. The number of benzene rings is 2. The van der Waals surface area contributed by atoms with Crippen molar-refractivity contribution in [3.05, 3.63) is 102 Å². The maximum atomic E-state index is 12.8. The molecule has 0 bridgehead atoms. The highest BCUT2D eigenvalue weighted by atomic mass is 32.2. The summed E-state index contributed by atoms with van der Waals surface area (Å²) >= 11 is 1.54. The molecule has 1 aliphatic rings. The minimum Gasteiger partial charge on any atom is -0.467 e. The fourth-order valence-corrected chi connectivity index (χ4v) is 4.70. The zero-order chi connectivity index (χ0) is 23.2. The van der Waals surface area contributed by atoms with E-state index < -0.39 is 0 Å². The van der Waals surface area contributed by atoms with Crippen LogP contribution in [0.1, 0.15) is 37.4 Å². The summed E-state index contributed by atoms with van der Waals surface area (Å²) in [5.74, 6) is 0.559. The number of hydrogen-bond acceptors (Lipinski definition) is 5. The molecule has 8 heteroatoms. The molecular formula is C25H23N3O4S. The molecule has 0 spiro atoms. The second-order valence-electron chi connectivity index (χ2n) is 7.38. The van der Waals surface area contributed by atoms with Gasteiger partial charge in [-0.1, -0.05) is 30.3 Å². The topological polar surface area (TPSA) is 91.7 Å². The number of thioether (sulfide) groups is 1. The van der Waals surface area contributed by atoms with Gasteiger partial charge in [0.2, 0.25) is 5.91 Å².